The monoisotopic (exact) mass is 491 g/mol. The van der Waals surface area contributed by atoms with Crippen molar-refractivity contribution in [1.82, 2.24) is 15.3 Å². The van der Waals surface area contributed by atoms with Gasteiger partial charge in [-0.25, -0.2) is 9.48 Å². The number of H-pyrrole nitrogens is 1. The molecule has 0 saturated carbocycles. The number of rotatable bonds is 7. The molecule has 2 atom stereocenters. The second-order valence-corrected chi connectivity index (χ2v) is 7.68. The number of nitrogen functional groups attached to an aromatic ring is 1. The summed E-state index contributed by atoms with van der Waals surface area (Å²) in [6.45, 7) is 1.13. The first-order valence-corrected chi connectivity index (χ1v) is 10.1. The van der Waals surface area contributed by atoms with Crippen molar-refractivity contribution in [3.05, 3.63) is 40.2 Å². The number of carbonyl (C=O) groups is 3. The average molecular weight is 492 g/mol. The molecule has 0 fully saturated rings. The van der Waals surface area contributed by atoms with Gasteiger partial charge in [-0.3, -0.25) is 19.4 Å². The van der Waals surface area contributed by atoms with Crippen molar-refractivity contribution in [2.24, 2.45) is 0 Å². The fourth-order valence-corrected chi connectivity index (χ4v) is 3.81. The minimum atomic E-state index is -1.55. The number of hydrogen-bond donors (Lipinski definition) is 5. The van der Waals surface area contributed by atoms with Gasteiger partial charge >= 0.3 is 11.5 Å². The maximum absolute atomic E-state index is 12.4. The number of amides is 1. The van der Waals surface area contributed by atoms with E-state index >= 15 is 0 Å². The minimum Gasteiger partial charge on any atom is -0.548 e. The number of fused-ring (bicyclic) bond motifs is 3. The van der Waals surface area contributed by atoms with E-state index in [1.54, 1.807) is 18.5 Å². The molecule has 34 heavy (non-hydrogen) atoms. The zero-order valence-corrected chi connectivity index (χ0v) is 18.5. The summed E-state index contributed by atoms with van der Waals surface area (Å²) < 4.78 is 1.82. The molecule has 3 heterocycles. The lowest BCUT2D eigenvalue weighted by Crippen LogP contribution is -2.48. The van der Waals surface area contributed by atoms with Crippen molar-refractivity contribution in [2.75, 3.05) is 29.0 Å². The van der Waals surface area contributed by atoms with Gasteiger partial charge in [0.25, 0.3) is 5.91 Å². The first kappa shape index (κ1) is 24.5. The molecule has 0 saturated heterocycles. The molecule has 1 unspecified atom stereocenters. The van der Waals surface area contributed by atoms with Crippen molar-refractivity contribution in [3.63, 3.8) is 0 Å². The topological polar surface area (TPSA) is 197 Å². The lowest BCUT2D eigenvalue weighted by molar-refractivity contribution is -0.468. The number of halogens is 1. The predicted molar refractivity (Wildman–Crippen MR) is 122 cm³/mol. The zero-order valence-electron chi connectivity index (χ0n) is 17.7. The van der Waals surface area contributed by atoms with Crippen LogP contribution in [0.1, 0.15) is 23.2 Å². The van der Waals surface area contributed by atoms with Gasteiger partial charge in [0.2, 0.25) is 18.0 Å². The van der Waals surface area contributed by atoms with E-state index in [0.29, 0.717) is 24.6 Å². The van der Waals surface area contributed by atoms with Gasteiger partial charge in [-0.15, -0.1) is 12.4 Å². The molecule has 13 nitrogen and oxygen atoms in total. The third-order valence-electron chi connectivity index (χ3n) is 5.44. The van der Waals surface area contributed by atoms with Crippen LogP contribution in [0.3, 0.4) is 0 Å². The smallest absolute Gasteiger partial charge is 0.303 e. The highest BCUT2D eigenvalue weighted by Gasteiger charge is 2.39. The van der Waals surface area contributed by atoms with Crippen LogP contribution in [0.5, 0.6) is 0 Å². The Morgan fingerprint density at radius 3 is 2.68 bits per heavy atom. The molecule has 2 aliphatic rings. The van der Waals surface area contributed by atoms with Crippen LogP contribution in [0.4, 0.5) is 23.1 Å². The maximum atomic E-state index is 12.4. The van der Waals surface area contributed by atoms with Crippen LogP contribution in [0, 0.1) is 0 Å². The van der Waals surface area contributed by atoms with Crippen LogP contribution >= 0.6 is 12.4 Å². The number of aromatic amines is 1. The zero-order chi connectivity index (χ0) is 23.7. The number of anilines is 3. The van der Waals surface area contributed by atoms with E-state index in [1.807, 2.05) is 9.48 Å². The van der Waals surface area contributed by atoms with Gasteiger partial charge in [0, 0.05) is 12.0 Å². The summed E-state index contributed by atoms with van der Waals surface area (Å²) >= 11 is 0. The van der Waals surface area contributed by atoms with E-state index in [2.05, 4.69) is 20.6 Å². The van der Waals surface area contributed by atoms with E-state index in [0.717, 1.165) is 5.69 Å². The van der Waals surface area contributed by atoms with E-state index in [-0.39, 0.29) is 41.9 Å². The standard InChI is InChI=1S/C20H21N7O6.ClH/c21-20-24-16-15(18(31)25-20)27-9-26(8-12(27)7-22-16)11-3-1-10(2-4-11)17(30)23-13(19(32)33)5-6-14(28)29;/h1-4,9,12-13H,5-8H2,(H6-,21,22,23,24,25,28,29,30,31,32,33);1H/t12?,13-;/m0./s1. The summed E-state index contributed by atoms with van der Waals surface area (Å²) in [5.41, 5.74) is 6.59. The van der Waals surface area contributed by atoms with Crippen LogP contribution in [0.25, 0.3) is 0 Å². The normalized spacial score (nSPS) is 16.8. The number of carboxylic acids is 2. The summed E-state index contributed by atoms with van der Waals surface area (Å²) in [5, 5.41) is 25.3. The molecule has 0 aliphatic carbocycles. The summed E-state index contributed by atoms with van der Waals surface area (Å²) in [4.78, 5) is 55.2. The second-order valence-electron chi connectivity index (χ2n) is 7.68. The van der Waals surface area contributed by atoms with Gasteiger partial charge in [-0.05, 0) is 30.7 Å². The molecule has 0 spiro atoms. The molecule has 180 valence electrons. The van der Waals surface area contributed by atoms with Gasteiger partial charge in [0.15, 0.2) is 11.9 Å². The minimum absolute atomic E-state index is 0. The molecule has 2 aromatic rings. The summed E-state index contributed by atoms with van der Waals surface area (Å²) in [5.74, 6) is -2.94. The first-order chi connectivity index (χ1) is 15.7. The average Bonchev–Trinajstić information content (AvgIpc) is 3.20. The van der Waals surface area contributed by atoms with Crippen molar-refractivity contribution < 1.29 is 29.2 Å². The molecular formula is C20H22ClN7O6. The predicted octanol–water partition coefficient (Wildman–Crippen LogP) is -1.53. The molecule has 0 radical (unpaired) electrons. The lowest BCUT2D eigenvalue weighted by atomic mass is 10.1. The molecule has 1 aromatic heterocycles. The first-order valence-electron chi connectivity index (χ1n) is 10.1. The fraction of sp³-hybridized carbons (Fsp3) is 0.300. The number of nitrogens with two attached hydrogens (primary N) is 1. The largest absolute Gasteiger partial charge is 0.548 e. The lowest BCUT2D eigenvalue weighted by Gasteiger charge is -2.20. The van der Waals surface area contributed by atoms with Crippen molar-refractivity contribution in [2.45, 2.75) is 24.9 Å². The second kappa shape index (κ2) is 9.79. The number of carboxylic acid groups (broad SMARTS) is 2. The van der Waals surface area contributed by atoms with Crippen LogP contribution in [0.2, 0.25) is 0 Å². The van der Waals surface area contributed by atoms with Gasteiger partial charge in [0.05, 0.1) is 18.6 Å². The SMILES string of the molecule is Cl.Nc1nc2c(c(=O)[nH]1)[N+]1=CN(c3ccc(C(=O)N[C@@H](CCC(=O)O)C(=O)[O-])cc3)CC1CN2. The Hall–Kier alpha value is -4.13. The number of nitrogens with one attached hydrogen (secondary N) is 3. The van der Waals surface area contributed by atoms with E-state index < -0.39 is 30.3 Å². The number of aliphatic carboxylic acids is 2. The molecule has 4 rings (SSSR count). The molecule has 6 N–H and O–H groups in total. The molecule has 1 amide bonds. The Bertz CT molecular complexity index is 1210. The van der Waals surface area contributed by atoms with Crippen molar-refractivity contribution in [1.29, 1.82) is 0 Å². The van der Waals surface area contributed by atoms with Crippen LogP contribution in [0.15, 0.2) is 29.1 Å². The van der Waals surface area contributed by atoms with Gasteiger partial charge in [0.1, 0.15) is 12.2 Å². The highest BCUT2D eigenvalue weighted by Crippen LogP contribution is 2.28. The van der Waals surface area contributed by atoms with E-state index in [1.165, 1.54) is 12.1 Å². The molecule has 14 heteroatoms. The number of hydrogen-bond acceptors (Lipinski definition) is 9. The molecule has 0 bridgehead atoms. The van der Waals surface area contributed by atoms with Gasteiger partial charge in [-0.2, -0.15) is 4.98 Å². The Morgan fingerprint density at radius 2 is 2.03 bits per heavy atom. The number of aromatic nitrogens is 2. The number of nitrogens with zero attached hydrogens (tertiary/aromatic N) is 3. The van der Waals surface area contributed by atoms with E-state index in [4.69, 9.17) is 10.8 Å². The third-order valence-corrected chi connectivity index (χ3v) is 5.44. The van der Waals surface area contributed by atoms with Crippen LogP contribution < -0.4 is 31.9 Å². The highest BCUT2D eigenvalue weighted by atomic mass is 35.5. The summed E-state index contributed by atoms with van der Waals surface area (Å²) in [6, 6.07) is 5.00. The summed E-state index contributed by atoms with van der Waals surface area (Å²) in [7, 11) is 0. The Balaban J connectivity index is 0.00000324. The van der Waals surface area contributed by atoms with Crippen molar-refractivity contribution in [3.8, 4) is 0 Å². The molecule has 2 aliphatic heterocycles. The maximum Gasteiger partial charge on any atom is 0.303 e. The Kier molecular flexibility index (Phi) is 7.05. The van der Waals surface area contributed by atoms with Gasteiger partial charge in [-0.1, -0.05) is 0 Å². The van der Waals surface area contributed by atoms with E-state index in [9.17, 15) is 24.3 Å². The fourth-order valence-electron chi connectivity index (χ4n) is 3.81. The van der Waals surface area contributed by atoms with Crippen LogP contribution in [-0.4, -0.2) is 69.0 Å². The van der Waals surface area contributed by atoms with Crippen molar-refractivity contribution >= 4 is 59.7 Å². The highest BCUT2D eigenvalue weighted by molar-refractivity contribution is 5.97. The number of benzene rings is 1. The Labute approximate surface area is 198 Å². The quantitative estimate of drug-likeness (QED) is 0.283. The molecular weight excluding hydrogens is 470 g/mol. The number of carbonyl (C=O) groups excluding carboxylic acids is 2. The van der Waals surface area contributed by atoms with Gasteiger partial charge < -0.3 is 31.4 Å². The molecule has 1 aromatic carbocycles. The third kappa shape index (κ3) is 4.93. The Morgan fingerprint density at radius 1 is 1.32 bits per heavy atom. The van der Waals surface area contributed by atoms with Crippen LogP contribution in [-0.2, 0) is 9.59 Å². The summed E-state index contributed by atoms with van der Waals surface area (Å²) in [6.07, 6.45) is 1.09.